The van der Waals surface area contributed by atoms with Gasteiger partial charge in [-0.05, 0) is 66.2 Å². The molecule has 0 radical (unpaired) electrons. The molecule has 3 heterocycles. The minimum Gasteiger partial charge on any atom is -0.354 e. The van der Waals surface area contributed by atoms with Crippen LogP contribution >= 0.6 is 11.3 Å². The van der Waals surface area contributed by atoms with E-state index in [0.29, 0.717) is 0 Å². The third kappa shape index (κ3) is 5.05. The summed E-state index contributed by atoms with van der Waals surface area (Å²) in [5.41, 5.74) is 4.71. The number of nitrogens with zero attached hydrogens (tertiary/aromatic N) is 5. The lowest BCUT2D eigenvalue weighted by Crippen LogP contribution is -2.47. The Labute approximate surface area is 195 Å². The molecule has 2 aromatic heterocycles. The Morgan fingerprint density at radius 2 is 1.75 bits per heavy atom. The van der Waals surface area contributed by atoms with Gasteiger partial charge in [0.2, 0.25) is 0 Å². The summed E-state index contributed by atoms with van der Waals surface area (Å²) < 4.78 is 15.7. The maximum absolute atomic E-state index is 13.6. The number of halogens is 1. The molecule has 0 atom stereocenters. The molecule has 0 saturated carbocycles. The molecule has 4 rings (SSSR count). The van der Waals surface area contributed by atoms with Crippen molar-refractivity contribution in [2.75, 3.05) is 44.2 Å². The number of piperazine rings is 1. The van der Waals surface area contributed by atoms with Crippen LogP contribution in [0.2, 0.25) is 0 Å². The van der Waals surface area contributed by atoms with Crippen molar-refractivity contribution in [2.24, 2.45) is 0 Å². The van der Waals surface area contributed by atoms with Crippen LogP contribution in [0.25, 0.3) is 5.69 Å². The number of benzene rings is 1. The standard InChI is InChI=1S/C25H34FN5S/c1-4-24-23(18-29(6-3)17-20-11-16-32-19-20)25(30-14-12-28(5-2)13-15-30)31(27-24)22-9-7-21(26)8-10-22/h7-11,16,19H,4-6,12-15,17-18H2,1-3H3. The van der Waals surface area contributed by atoms with E-state index in [9.17, 15) is 4.39 Å². The Morgan fingerprint density at radius 3 is 2.34 bits per heavy atom. The van der Waals surface area contributed by atoms with Crippen LogP contribution in [0.15, 0.2) is 41.1 Å². The van der Waals surface area contributed by atoms with Gasteiger partial charge in [-0.25, -0.2) is 9.07 Å². The lowest BCUT2D eigenvalue weighted by molar-refractivity contribution is 0.264. The Balaban J connectivity index is 1.72. The molecule has 7 heteroatoms. The fourth-order valence-electron chi connectivity index (χ4n) is 4.44. The normalized spacial score (nSPS) is 15.1. The van der Waals surface area contributed by atoms with E-state index in [-0.39, 0.29) is 5.82 Å². The van der Waals surface area contributed by atoms with E-state index in [2.05, 4.69) is 52.3 Å². The first-order chi connectivity index (χ1) is 15.6. The quantitative estimate of drug-likeness (QED) is 0.463. The average Bonchev–Trinajstić information content (AvgIpc) is 3.47. The fourth-order valence-corrected chi connectivity index (χ4v) is 5.10. The molecule has 3 aromatic rings. The zero-order chi connectivity index (χ0) is 22.5. The molecule has 0 amide bonds. The maximum Gasteiger partial charge on any atom is 0.137 e. The fraction of sp³-hybridized carbons (Fsp3) is 0.480. The van der Waals surface area contributed by atoms with E-state index in [0.717, 1.165) is 70.2 Å². The van der Waals surface area contributed by atoms with E-state index in [1.807, 2.05) is 16.8 Å². The van der Waals surface area contributed by atoms with Gasteiger partial charge < -0.3 is 9.80 Å². The molecule has 0 spiro atoms. The molecular formula is C25H34FN5S. The Morgan fingerprint density at radius 1 is 1.00 bits per heavy atom. The van der Waals surface area contributed by atoms with Crippen LogP contribution in [0.1, 0.15) is 37.6 Å². The summed E-state index contributed by atoms with van der Waals surface area (Å²) in [5.74, 6) is 0.954. The average molecular weight is 456 g/mol. The molecule has 1 aromatic carbocycles. The van der Waals surface area contributed by atoms with Gasteiger partial charge in [0.05, 0.1) is 11.4 Å². The second-order valence-corrected chi connectivity index (χ2v) is 9.13. The Kier molecular flexibility index (Phi) is 7.60. The highest BCUT2D eigenvalue weighted by molar-refractivity contribution is 7.07. The molecule has 1 aliphatic heterocycles. The Hall–Kier alpha value is -2.22. The summed E-state index contributed by atoms with van der Waals surface area (Å²) in [7, 11) is 0. The highest BCUT2D eigenvalue weighted by Gasteiger charge is 2.27. The number of aryl methyl sites for hydroxylation is 1. The van der Waals surface area contributed by atoms with Crippen LogP contribution in [-0.4, -0.2) is 58.8 Å². The first kappa shape index (κ1) is 23.0. The molecule has 0 aliphatic carbocycles. The molecule has 5 nitrogen and oxygen atoms in total. The van der Waals surface area contributed by atoms with Gasteiger partial charge in [0.1, 0.15) is 11.6 Å². The molecule has 0 bridgehead atoms. The van der Waals surface area contributed by atoms with Crippen LogP contribution in [0, 0.1) is 5.82 Å². The van der Waals surface area contributed by atoms with Gasteiger partial charge in [-0.2, -0.15) is 16.4 Å². The number of rotatable bonds is 9. The van der Waals surface area contributed by atoms with Crippen molar-refractivity contribution in [3.05, 3.63) is 63.7 Å². The van der Waals surface area contributed by atoms with Crippen LogP contribution in [0.4, 0.5) is 10.2 Å². The van der Waals surface area contributed by atoms with Crippen LogP contribution < -0.4 is 4.90 Å². The van der Waals surface area contributed by atoms with Crippen molar-refractivity contribution in [3.63, 3.8) is 0 Å². The smallest absolute Gasteiger partial charge is 0.137 e. The number of thiophene rings is 1. The predicted molar refractivity (Wildman–Crippen MR) is 131 cm³/mol. The minimum absolute atomic E-state index is 0.220. The Bertz CT molecular complexity index is 975. The van der Waals surface area contributed by atoms with E-state index in [1.54, 1.807) is 11.3 Å². The molecule has 32 heavy (non-hydrogen) atoms. The lowest BCUT2D eigenvalue weighted by Gasteiger charge is -2.36. The number of hydrogen-bond acceptors (Lipinski definition) is 5. The zero-order valence-corrected chi connectivity index (χ0v) is 20.2. The van der Waals surface area contributed by atoms with Crippen molar-refractivity contribution in [1.29, 1.82) is 0 Å². The summed E-state index contributed by atoms with van der Waals surface area (Å²) in [6.07, 6.45) is 0.876. The van der Waals surface area contributed by atoms with Crippen molar-refractivity contribution < 1.29 is 4.39 Å². The first-order valence-corrected chi connectivity index (χ1v) is 12.6. The SMILES string of the molecule is CCc1nn(-c2ccc(F)cc2)c(N2CCN(CC)CC2)c1CN(CC)Cc1ccsc1. The lowest BCUT2D eigenvalue weighted by atomic mass is 10.1. The largest absolute Gasteiger partial charge is 0.354 e. The molecule has 0 N–H and O–H groups in total. The molecule has 1 aliphatic rings. The van der Waals surface area contributed by atoms with Gasteiger partial charge in [0, 0.05) is 44.8 Å². The van der Waals surface area contributed by atoms with Gasteiger partial charge in [-0.15, -0.1) is 0 Å². The van der Waals surface area contributed by atoms with Crippen molar-refractivity contribution in [3.8, 4) is 5.69 Å². The monoisotopic (exact) mass is 455 g/mol. The summed E-state index contributed by atoms with van der Waals surface area (Å²) in [6.45, 7) is 14.6. The van der Waals surface area contributed by atoms with E-state index in [4.69, 9.17) is 5.10 Å². The third-order valence-corrected chi connectivity index (χ3v) is 7.11. The van der Waals surface area contributed by atoms with Crippen molar-refractivity contribution >= 4 is 17.2 Å². The molecular weight excluding hydrogens is 421 g/mol. The highest BCUT2D eigenvalue weighted by Crippen LogP contribution is 2.31. The first-order valence-electron chi connectivity index (χ1n) is 11.7. The summed E-state index contributed by atoms with van der Waals surface area (Å²) in [6, 6.07) is 8.92. The maximum atomic E-state index is 13.6. The summed E-state index contributed by atoms with van der Waals surface area (Å²) >= 11 is 1.75. The van der Waals surface area contributed by atoms with Crippen LogP contribution in [0.3, 0.4) is 0 Å². The number of likely N-dealkylation sites (N-methyl/N-ethyl adjacent to an activating group) is 1. The second kappa shape index (κ2) is 10.6. The van der Waals surface area contributed by atoms with E-state index >= 15 is 0 Å². The minimum atomic E-state index is -0.220. The van der Waals surface area contributed by atoms with Crippen molar-refractivity contribution in [1.82, 2.24) is 19.6 Å². The highest BCUT2D eigenvalue weighted by atomic mass is 32.1. The van der Waals surface area contributed by atoms with Gasteiger partial charge in [-0.3, -0.25) is 4.90 Å². The van der Waals surface area contributed by atoms with E-state index < -0.39 is 0 Å². The zero-order valence-electron chi connectivity index (χ0n) is 19.4. The summed E-state index contributed by atoms with van der Waals surface area (Å²) in [5, 5.41) is 9.42. The number of anilines is 1. The second-order valence-electron chi connectivity index (χ2n) is 8.35. The molecule has 0 unspecified atom stereocenters. The molecule has 1 fully saturated rings. The van der Waals surface area contributed by atoms with Gasteiger partial charge in [0.25, 0.3) is 0 Å². The van der Waals surface area contributed by atoms with Crippen LogP contribution in [-0.2, 0) is 19.5 Å². The molecule has 1 saturated heterocycles. The van der Waals surface area contributed by atoms with Gasteiger partial charge in [-0.1, -0.05) is 20.8 Å². The number of aromatic nitrogens is 2. The predicted octanol–water partition coefficient (Wildman–Crippen LogP) is 4.80. The summed E-state index contributed by atoms with van der Waals surface area (Å²) in [4.78, 5) is 7.46. The third-order valence-electron chi connectivity index (χ3n) is 6.38. The van der Waals surface area contributed by atoms with Gasteiger partial charge in [0.15, 0.2) is 0 Å². The van der Waals surface area contributed by atoms with Crippen LogP contribution in [0.5, 0.6) is 0 Å². The van der Waals surface area contributed by atoms with Gasteiger partial charge >= 0.3 is 0 Å². The van der Waals surface area contributed by atoms with E-state index in [1.165, 1.54) is 29.1 Å². The topological polar surface area (TPSA) is 27.5 Å². The van der Waals surface area contributed by atoms with Crippen molar-refractivity contribution in [2.45, 2.75) is 40.3 Å². The molecule has 172 valence electrons. The number of hydrogen-bond donors (Lipinski definition) is 0.